The molecular weight excluding hydrogens is 246 g/mol. The van der Waals surface area contributed by atoms with Crippen molar-refractivity contribution < 1.29 is 14.4 Å². The summed E-state index contributed by atoms with van der Waals surface area (Å²) in [6, 6.07) is 0.783. The lowest BCUT2D eigenvalue weighted by Crippen LogP contribution is -2.52. The number of aromatic amines is 1. The number of rotatable bonds is 2. The van der Waals surface area contributed by atoms with Gasteiger partial charge in [-0.05, 0) is 12.5 Å². The van der Waals surface area contributed by atoms with Crippen LogP contribution in [0.15, 0.2) is 12.3 Å². The summed E-state index contributed by atoms with van der Waals surface area (Å²) in [5.41, 5.74) is 0.278. The van der Waals surface area contributed by atoms with Crippen molar-refractivity contribution in [2.24, 2.45) is 0 Å². The van der Waals surface area contributed by atoms with Gasteiger partial charge in [0, 0.05) is 12.6 Å². The molecule has 0 aliphatic carbocycles. The Balaban J connectivity index is 1.99. The summed E-state index contributed by atoms with van der Waals surface area (Å²) < 4.78 is 0. The molecule has 6 nitrogen and oxygen atoms in total. The van der Waals surface area contributed by atoms with Gasteiger partial charge in [-0.2, -0.15) is 0 Å². The van der Waals surface area contributed by atoms with Gasteiger partial charge < -0.3 is 10.3 Å². The number of carbonyl (C=O) groups excluding carboxylic acids is 3. The fourth-order valence-electron chi connectivity index (χ4n) is 1.57. The number of aromatic nitrogens is 1. The fraction of sp³-hybridized carbons (Fsp3) is 0.300. The summed E-state index contributed by atoms with van der Waals surface area (Å²) in [6.45, 7) is 0. The molecule has 3 amide bonds. The number of hydrogen-bond donors (Lipinski definition) is 3. The molecule has 0 aromatic carbocycles. The van der Waals surface area contributed by atoms with E-state index in [-0.39, 0.29) is 18.0 Å². The van der Waals surface area contributed by atoms with Crippen molar-refractivity contribution in [3.05, 3.63) is 23.0 Å². The Bertz CT molecular complexity index is 483. The summed E-state index contributed by atoms with van der Waals surface area (Å²) >= 11 is 5.66. The molecule has 1 aliphatic heterocycles. The van der Waals surface area contributed by atoms with E-state index in [1.54, 1.807) is 0 Å². The van der Waals surface area contributed by atoms with Gasteiger partial charge in [0.2, 0.25) is 11.8 Å². The molecule has 2 heterocycles. The van der Waals surface area contributed by atoms with Crippen LogP contribution in [0.5, 0.6) is 0 Å². The Morgan fingerprint density at radius 2 is 2.24 bits per heavy atom. The average molecular weight is 256 g/mol. The normalized spacial score (nSPS) is 19.9. The van der Waals surface area contributed by atoms with Crippen LogP contribution >= 0.6 is 11.6 Å². The van der Waals surface area contributed by atoms with Crippen molar-refractivity contribution in [3.8, 4) is 0 Å². The van der Waals surface area contributed by atoms with Gasteiger partial charge in [0.25, 0.3) is 5.91 Å². The van der Waals surface area contributed by atoms with Gasteiger partial charge in [0.05, 0.1) is 5.02 Å². The molecule has 90 valence electrons. The van der Waals surface area contributed by atoms with Crippen LogP contribution in [0, 0.1) is 0 Å². The lowest BCUT2D eigenvalue weighted by molar-refractivity contribution is -0.134. The van der Waals surface area contributed by atoms with E-state index in [2.05, 4.69) is 15.6 Å². The van der Waals surface area contributed by atoms with Crippen LogP contribution in [-0.4, -0.2) is 28.7 Å². The van der Waals surface area contributed by atoms with Gasteiger partial charge in [-0.3, -0.25) is 19.7 Å². The van der Waals surface area contributed by atoms with Crippen molar-refractivity contribution in [3.63, 3.8) is 0 Å². The van der Waals surface area contributed by atoms with E-state index < -0.39 is 17.9 Å². The minimum absolute atomic E-state index is 0.224. The molecular formula is C10H10ClN3O3. The highest BCUT2D eigenvalue weighted by Gasteiger charge is 2.28. The molecule has 17 heavy (non-hydrogen) atoms. The zero-order valence-corrected chi connectivity index (χ0v) is 9.50. The number of H-pyrrole nitrogens is 1. The van der Waals surface area contributed by atoms with Crippen LogP contribution in [-0.2, 0) is 9.59 Å². The van der Waals surface area contributed by atoms with Crippen LogP contribution in [0.3, 0.4) is 0 Å². The average Bonchev–Trinajstić information content (AvgIpc) is 2.69. The fourth-order valence-corrected chi connectivity index (χ4v) is 1.73. The molecule has 3 N–H and O–H groups in total. The summed E-state index contributed by atoms with van der Waals surface area (Å²) in [6.07, 6.45) is 2.01. The molecule has 2 rings (SSSR count). The molecule has 0 radical (unpaired) electrons. The Hall–Kier alpha value is -1.82. The van der Waals surface area contributed by atoms with E-state index in [9.17, 15) is 14.4 Å². The molecule has 1 aromatic rings. The zero-order valence-electron chi connectivity index (χ0n) is 8.75. The smallest absolute Gasteiger partial charge is 0.268 e. The molecule has 1 aliphatic rings. The lowest BCUT2D eigenvalue weighted by Gasteiger charge is -2.21. The van der Waals surface area contributed by atoms with Gasteiger partial charge in [-0.1, -0.05) is 11.6 Å². The highest BCUT2D eigenvalue weighted by molar-refractivity contribution is 6.31. The third-order valence-corrected chi connectivity index (χ3v) is 2.66. The predicted molar refractivity (Wildman–Crippen MR) is 59.4 cm³/mol. The number of amides is 3. The summed E-state index contributed by atoms with van der Waals surface area (Å²) in [4.78, 5) is 36.7. The standard InChI is InChI=1S/C10H10ClN3O3/c11-5-3-7(12-4-5)10(17)13-6-1-2-8(15)14-9(6)16/h3-4,6,12H,1-2H2,(H,13,17)(H,14,15,16). The first-order valence-electron chi connectivity index (χ1n) is 5.05. The van der Waals surface area contributed by atoms with Crippen molar-refractivity contribution in [2.75, 3.05) is 0 Å². The monoisotopic (exact) mass is 255 g/mol. The zero-order chi connectivity index (χ0) is 12.4. The summed E-state index contributed by atoms with van der Waals surface area (Å²) in [7, 11) is 0. The van der Waals surface area contributed by atoms with E-state index in [4.69, 9.17) is 11.6 Å². The number of nitrogens with one attached hydrogen (secondary N) is 3. The predicted octanol–water partition coefficient (Wildman–Crippen LogP) is 0.203. The Kier molecular flexibility index (Phi) is 3.14. The van der Waals surface area contributed by atoms with Gasteiger partial charge >= 0.3 is 0 Å². The quantitative estimate of drug-likeness (QED) is 0.660. The maximum absolute atomic E-state index is 11.7. The third kappa shape index (κ3) is 2.65. The highest BCUT2D eigenvalue weighted by atomic mass is 35.5. The van der Waals surface area contributed by atoms with E-state index in [0.717, 1.165) is 0 Å². The minimum atomic E-state index is -0.678. The molecule has 1 aromatic heterocycles. The van der Waals surface area contributed by atoms with Crippen molar-refractivity contribution in [2.45, 2.75) is 18.9 Å². The molecule has 0 spiro atoms. The van der Waals surface area contributed by atoms with E-state index in [1.165, 1.54) is 12.3 Å². The second kappa shape index (κ2) is 4.58. The van der Waals surface area contributed by atoms with E-state index in [0.29, 0.717) is 11.4 Å². The molecule has 1 fully saturated rings. The van der Waals surface area contributed by atoms with Crippen molar-refractivity contribution in [1.29, 1.82) is 0 Å². The van der Waals surface area contributed by atoms with E-state index >= 15 is 0 Å². The summed E-state index contributed by atoms with van der Waals surface area (Å²) in [5, 5.41) is 5.10. The highest BCUT2D eigenvalue weighted by Crippen LogP contribution is 2.10. The number of halogens is 1. The van der Waals surface area contributed by atoms with Crippen LogP contribution in [0.4, 0.5) is 0 Å². The molecule has 0 bridgehead atoms. The van der Waals surface area contributed by atoms with Crippen molar-refractivity contribution in [1.82, 2.24) is 15.6 Å². The van der Waals surface area contributed by atoms with Gasteiger partial charge in [-0.25, -0.2) is 0 Å². The number of hydrogen-bond acceptors (Lipinski definition) is 3. The molecule has 0 saturated carbocycles. The number of carbonyl (C=O) groups is 3. The Morgan fingerprint density at radius 3 is 2.82 bits per heavy atom. The van der Waals surface area contributed by atoms with Crippen LogP contribution in [0.2, 0.25) is 5.02 Å². The van der Waals surface area contributed by atoms with Crippen LogP contribution < -0.4 is 10.6 Å². The first-order chi connectivity index (χ1) is 8.06. The molecule has 1 atom stereocenters. The minimum Gasteiger partial charge on any atom is -0.356 e. The van der Waals surface area contributed by atoms with Crippen molar-refractivity contribution >= 4 is 29.3 Å². The second-order valence-electron chi connectivity index (χ2n) is 3.71. The molecule has 1 unspecified atom stereocenters. The topological polar surface area (TPSA) is 91.1 Å². The summed E-state index contributed by atoms with van der Waals surface area (Å²) in [5.74, 6) is -1.22. The maximum atomic E-state index is 11.7. The largest absolute Gasteiger partial charge is 0.356 e. The SMILES string of the molecule is O=C1CCC(NC(=O)c2cc(Cl)c[nH]2)C(=O)N1. The Morgan fingerprint density at radius 1 is 1.47 bits per heavy atom. The lowest BCUT2D eigenvalue weighted by atomic mass is 10.1. The molecule has 7 heteroatoms. The first kappa shape index (κ1) is 11.7. The number of piperidine rings is 1. The third-order valence-electron chi connectivity index (χ3n) is 2.44. The number of imide groups is 1. The molecule has 1 saturated heterocycles. The first-order valence-corrected chi connectivity index (χ1v) is 5.42. The second-order valence-corrected chi connectivity index (χ2v) is 4.15. The Labute approximate surface area is 102 Å². The van der Waals surface area contributed by atoms with Gasteiger partial charge in [0.1, 0.15) is 11.7 Å². The maximum Gasteiger partial charge on any atom is 0.268 e. The van der Waals surface area contributed by atoms with E-state index in [1.807, 2.05) is 0 Å². The van der Waals surface area contributed by atoms with Crippen LogP contribution in [0.25, 0.3) is 0 Å². The van der Waals surface area contributed by atoms with Gasteiger partial charge in [0.15, 0.2) is 0 Å². The van der Waals surface area contributed by atoms with Gasteiger partial charge in [-0.15, -0.1) is 0 Å². The van der Waals surface area contributed by atoms with Crippen LogP contribution in [0.1, 0.15) is 23.3 Å².